The summed E-state index contributed by atoms with van der Waals surface area (Å²) in [5, 5.41) is 7.60. The molecule has 0 spiro atoms. The van der Waals surface area contributed by atoms with Crippen LogP contribution in [0.5, 0.6) is 5.75 Å². The lowest BCUT2D eigenvalue weighted by molar-refractivity contribution is -0.118. The van der Waals surface area contributed by atoms with Gasteiger partial charge in [-0.15, -0.1) is 0 Å². The number of carbonyl (C=O) groups is 1. The molecular weight excluding hydrogens is 452 g/mol. The number of sulfonamides is 1. The van der Waals surface area contributed by atoms with Crippen molar-refractivity contribution in [3.63, 3.8) is 0 Å². The molecule has 23 heavy (non-hydrogen) atoms. The third kappa shape index (κ3) is 5.03. The van der Waals surface area contributed by atoms with Crippen molar-refractivity contribution in [1.82, 2.24) is 0 Å². The molecule has 3 N–H and O–H groups in total. The fourth-order valence-electron chi connectivity index (χ4n) is 1.68. The van der Waals surface area contributed by atoms with Gasteiger partial charge in [-0.2, -0.15) is 0 Å². The second-order valence-corrected chi connectivity index (χ2v) is 7.73. The van der Waals surface area contributed by atoms with Crippen LogP contribution in [0.2, 0.25) is 0 Å². The molecule has 0 aromatic heterocycles. The Morgan fingerprint density at radius 3 is 2.17 bits per heavy atom. The van der Waals surface area contributed by atoms with E-state index in [2.05, 4.69) is 37.2 Å². The van der Waals surface area contributed by atoms with Gasteiger partial charge in [-0.05, 0) is 68.3 Å². The number of nitrogens with one attached hydrogen (secondary N) is 1. The first kappa shape index (κ1) is 17.9. The molecule has 0 aliphatic heterocycles. The van der Waals surface area contributed by atoms with Gasteiger partial charge in [0.05, 0.1) is 13.8 Å². The average Bonchev–Trinajstić information content (AvgIpc) is 2.46. The Labute approximate surface area is 150 Å². The molecule has 0 aliphatic carbocycles. The van der Waals surface area contributed by atoms with Gasteiger partial charge in [0.2, 0.25) is 10.0 Å². The molecule has 0 saturated heterocycles. The van der Waals surface area contributed by atoms with Crippen molar-refractivity contribution < 1.29 is 17.9 Å². The van der Waals surface area contributed by atoms with E-state index in [0.717, 1.165) is 8.95 Å². The van der Waals surface area contributed by atoms with Crippen LogP contribution in [-0.2, 0) is 14.8 Å². The van der Waals surface area contributed by atoms with Crippen LogP contribution in [-0.4, -0.2) is 20.9 Å². The smallest absolute Gasteiger partial charge is 0.262 e. The molecule has 122 valence electrons. The van der Waals surface area contributed by atoms with Crippen LogP contribution >= 0.6 is 31.9 Å². The van der Waals surface area contributed by atoms with E-state index in [4.69, 9.17) is 9.88 Å². The van der Waals surface area contributed by atoms with Crippen LogP contribution in [0.1, 0.15) is 0 Å². The highest BCUT2D eigenvalue weighted by Crippen LogP contribution is 2.32. The number of rotatable bonds is 5. The van der Waals surface area contributed by atoms with Gasteiger partial charge in [0.15, 0.2) is 6.61 Å². The van der Waals surface area contributed by atoms with E-state index in [0.29, 0.717) is 11.4 Å². The van der Waals surface area contributed by atoms with Crippen LogP contribution in [0, 0.1) is 0 Å². The minimum atomic E-state index is -3.75. The predicted octanol–water partition coefficient (Wildman–Crippen LogP) is 2.88. The van der Waals surface area contributed by atoms with Crippen molar-refractivity contribution in [3.8, 4) is 5.75 Å². The molecule has 0 heterocycles. The summed E-state index contributed by atoms with van der Waals surface area (Å²) in [6.07, 6.45) is 0. The van der Waals surface area contributed by atoms with Crippen molar-refractivity contribution in [3.05, 3.63) is 51.4 Å². The Kier molecular flexibility index (Phi) is 5.79. The van der Waals surface area contributed by atoms with Gasteiger partial charge in [-0.3, -0.25) is 4.79 Å². The summed E-state index contributed by atoms with van der Waals surface area (Å²) < 4.78 is 29.2. The van der Waals surface area contributed by atoms with Crippen LogP contribution < -0.4 is 15.2 Å². The standard InChI is InChI=1S/C14H12Br2N2O4S/c15-11-2-1-3-12(16)14(11)22-8-13(19)18-9-4-6-10(7-5-9)23(17,20)21/h1-7H,8H2,(H,18,19)(H2,17,20,21). The molecule has 0 aliphatic rings. The second-order valence-electron chi connectivity index (χ2n) is 4.46. The number of halogens is 2. The summed E-state index contributed by atoms with van der Waals surface area (Å²) in [5.41, 5.74) is 0.442. The lowest BCUT2D eigenvalue weighted by Crippen LogP contribution is -2.20. The maximum Gasteiger partial charge on any atom is 0.262 e. The van der Waals surface area contributed by atoms with Crippen molar-refractivity contribution in [2.75, 3.05) is 11.9 Å². The van der Waals surface area contributed by atoms with Crippen molar-refractivity contribution in [2.45, 2.75) is 4.90 Å². The molecule has 0 saturated carbocycles. The SMILES string of the molecule is NS(=O)(=O)c1ccc(NC(=O)COc2c(Br)cccc2Br)cc1. The largest absolute Gasteiger partial charge is 0.481 e. The van der Waals surface area contributed by atoms with E-state index in [9.17, 15) is 13.2 Å². The predicted molar refractivity (Wildman–Crippen MR) is 93.8 cm³/mol. The number of para-hydroxylation sites is 1. The molecule has 0 bridgehead atoms. The van der Waals surface area contributed by atoms with Crippen LogP contribution in [0.15, 0.2) is 56.3 Å². The number of hydrogen-bond donors (Lipinski definition) is 2. The van der Waals surface area contributed by atoms with Gasteiger partial charge in [-0.25, -0.2) is 13.6 Å². The van der Waals surface area contributed by atoms with E-state index in [1.54, 1.807) is 12.1 Å². The normalized spacial score (nSPS) is 11.1. The summed E-state index contributed by atoms with van der Waals surface area (Å²) in [5.74, 6) is 0.142. The minimum Gasteiger partial charge on any atom is -0.481 e. The zero-order chi connectivity index (χ0) is 17.0. The molecule has 0 radical (unpaired) electrons. The third-order valence-corrected chi connectivity index (χ3v) is 4.91. The highest BCUT2D eigenvalue weighted by molar-refractivity contribution is 9.11. The lowest BCUT2D eigenvalue weighted by Gasteiger charge is -2.10. The fraction of sp³-hybridized carbons (Fsp3) is 0.0714. The molecule has 1 amide bonds. The Hall–Kier alpha value is -1.42. The summed E-state index contributed by atoms with van der Waals surface area (Å²) in [7, 11) is -3.75. The number of anilines is 1. The minimum absolute atomic E-state index is 0.0242. The van der Waals surface area contributed by atoms with Gasteiger partial charge in [0.25, 0.3) is 5.91 Å². The van der Waals surface area contributed by atoms with Crippen molar-refractivity contribution >= 4 is 53.5 Å². The molecule has 2 aromatic carbocycles. The Bertz CT molecular complexity index is 803. The molecule has 6 nitrogen and oxygen atoms in total. The van der Waals surface area contributed by atoms with Crippen LogP contribution in [0.4, 0.5) is 5.69 Å². The van der Waals surface area contributed by atoms with Crippen LogP contribution in [0.3, 0.4) is 0 Å². The highest BCUT2D eigenvalue weighted by Gasteiger charge is 2.10. The third-order valence-electron chi connectivity index (χ3n) is 2.73. The molecule has 9 heteroatoms. The first-order chi connectivity index (χ1) is 10.8. The Morgan fingerprint density at radius 2 is 1.65 bits per heavy atom. The zero-order valence-electron chi connectivity index (χ0n) is 11.6. The summed E-state index contributed by atoms with van der Waals surface area (Å²) in [6, 6.07) is 11.0. The van der Waals surface area contributed by atoms with Gasteiger partial charge < -0.3 is 10.1 Å². The second kappa shape index (κ2) is 7.43. The molecule has 0 fully saturated rings. The Balaban J connectivity index is 1.97. The van der Waals surface area contributed by atoms with Gasteiger partial charge in [0.1, 0.15) is 5.75 Å². The highest BCUT2D eigenvalue weighted by atomic mass is 79.9. The maximum atomic E-state index is 11.9. The molecule has 0 unspecified atom stereocenters. The summed E-state index contributed by atoms with van der Waals surface area (Å²) in [4.78, 5) is 11.9. The van der Waals surface area contributed by atoms with Gasteiger partial charge in [0, 0.05) is 5.69 Å². The number of nitrogens with two attached hydrogens (primary N) is 1. The summed E-state index contributed by atoms with van der Waals surface area (Å²) >= 11 is 6.67. The van der Waals surface area contributed by atoms with Crippen molar-refractivity contribution in [1.29, 1.82) is 0 Å². The molecular formula is C14H12Br2N2O4S. The van der Waals surface area contributed by atoms with Crippen LogP contribution in [0.25, 0.3) is 0 Å². The Morgan fingerprint density at radius 1 is 1.09 bits per heavy atom. The lowest BCUT2D eigenvalue weighted by atomic mass is 10.3. The number of amides is 1. The van der Waals surface area contributed by atoms with Gasteiger partial charge >= 0.3 is 0 Å². The fourth-order valence-corrected chi connectivity index (χ4v) is 3.43. The van der Waals surface area contributed by atoms with E-state index < -0.39 is 10.0 Å². The number of benzene rings is 2. The first-order valence-corrected chi connectivity index (χ1v) is 9.40. The molecule has 0 atom stereocenters. The molecule has 2 aromatic rings. The van der Waals surface area contributed by atoms with E-state index in [-0.39, 0.29) is 17.4 Å². The van der Waals surface area contributed by atoms with E-state index >= 15 is 0 Å². The average molecular weight is 464 g/mol. The number of primary sulfonamides is 1. The summed E-state index contributed by atoms with van der Waals surface area (Å²) in [6.45, 7) is -0.196. The molecule has 2 rings (SSSR count). The zero-order valence-corrected chi connectivity index (χ0v) is 15.6. The van der Waals surface area contributed by atoms with E-state index in [1.165, 1.54) is 24.3 Å². The van der Waals surface area contributed by atoms with Crippen molar-refractivity contribution in [2.24, 2.45) is 5.14 Å². The quantitative estimate of drug-likeness (QED) is 0.712. The maximum absolute atomic E-state index is 11.9. The van der Waals surface area contributed by atoms with E-state index in [1.807, 2.05) is 6.07 Å². The topological polar surface area (TPSA) is 98.5 Å². The monoisotopic (exact) mass is 462 g/mol. The number of ether oxygens (including phenoxy) is 1. The number of carbonyl (C=O) groups excluding carboxylic acids is 1. The first-order valence-electron chi connectivity index (χ1n) is 6.27. The number of hydrogen-bond acceptors (Lipinski definition) is 4. The van der Waals surface area contributed by atoms with Gasteiger partial charge in [-0.1, -0.05) is 6.07 Å².